The van der Waals surface area contributed by atoms with Crippen LogP contribution in [0.1, 0.15) is 0 Å². The van der Waals surface area contributed by atoms with Gasteiger partial charge in [0.2, 0.25) is 0 Å². The summed E-state index contributed by atoms with van der Waals surface area (Å²) < 4.78 is 55.5. The normalized spacial score (nSPS) is 13.8. The SMILES string of the molecule is CS(=O)(=O)O[Si](F)(F)F. The molecule has 0 aromatic rings. The van der Waals surface area contributed by atoms with E-state index in [1.165, 1.54) is 0 Å². The lowest BCUT2D eigenvalue weighted by Gasteiger charge is -1.98. The van der Waals surface area contributed by atoms with Crippen LogP contribution in [-0.4, -0.2) is 24.0 Å². The van der Waals surface area contributed by atoms with Crippen LogP contribution in [0.2, 0.25) is 0 Å². The maximum absolute atomic E-state index is 11.1. The van der Waals surface area contributed by atoms with Gasteiger partial charge in [-0.25, -0.2) is 24.6 Å². The van der Waals surface area contributed by atoms with Crippen LogP contribution >= 0.6 is 0 Å². The molecule has 0 saturated heterocycles. The van der Waals surface area contributed by atoms with Gasteiger partial charge in [0.1, 0.15) is 0 Å². The molecule has 0 aliphatic heterocycles. The zero-order valence-corrected chi connectivity index (χ0v) is 6.08. The minimum atomic E-state index is -6.38. The van der Waals surface area contributed by atoms with Crippen LogP contribution in [0.4, 0.5) is 12.3 Å². The molecule has 0 N–H and O–H groups in total. The third-order valence-electron chi connectivity index (χ3n) is 0.246. The standard InChI is InChI=1S/CH3F3O3SSi/c1-8(5,6)7-9(2,3)4/h1H3. The van der Waals surface area contributed by atoms with E-state index in [9.17, 15) is 20.7 Å². The first-order valence-corrected chi connectivity index (χ1v) is 5.04. The Balaban J connectivity index is 4.07. The lowest BCUT2D eigenvalue weighted by atomic mass is 12.0. The Morgan fingerprint density at radius 3 is 1.67 bits per heavy atom. The van der Waals surface area contributed by atoms with Gasteiger partial charge in [-0.2, -0.15) is 0 Å². The van der Waals surface area contributed by atoms with Crippen molar-refractivity contribution in [2.24, 2.45) is 0 Å². The van der Waals surface area contributed by atoms with E-state index in [0.29, 0.717) is 6.26 Å². The Hall–Kier alpha value is -0.0831. The van der Waals surface area contributed by atoms with Crippen molar-refractivity contribution in [3.8, 4) is 0 Å². The van der Waals surface area contributed by atoms with Crippen LogP contribution < -0.4 is 0 Å². The molecule has 0 saturated carbocycles. The smallest absolute Gasteiger partial charge is 0.226 e. The Morgan fingerprint density at radius 1 is 1.33 bits per heavy atom. The highest BCUT2D eigenvalue weighted by atomic mass is 32.2. The zero-order valence-electron chi connectivity index (χ0n) is 4.27. The number of halogens is 3. The van der Waals surface area contributed by atoms with Gasteiger partial charge in [0, 0.05) is 0 Å². The first-order valence-electron chi connectivity index (χ1n) is 1.68. The average Bonchev–Trinajstić information content (AvgIpc) is 1.14. The topological polar surface area (TPSA) is 43.4 Å². The van der Waals surface area contributed by atoms with Gasteiger partial charge in [-0.1, -0.05) is 0 Å². The van der Waals surface area contributed by atoms with Crippen LogP contribution in [0.3, 0.4) is 0 Å². The number of hydrogen-bond donors (Lipinski definition) is 0. The third-order valence-corrected chi connectivity index (χ3v) is 2.21. The number of hydrogen-bond acceptors (Lipinski definition) is 3. The third kappa shape index (κ3) is 7.92. The quantitative estimate of drug-likeness (QED) is 0.453. The van der Waals surface area contributed by atoms with E-state index in [1.54, 1.807) is 0 Å². The van der Waals surface area contributed by atoms with Crippen LogP contribution in [0.25, 0.3) is 0 Å². The van der Waals surface area contributed by atoms with Crippen molar-refractivity contribution in [1.29, 1.82) is 0 Å². The summed E-state index contributed by atoms with van der Waals surface area (Å²) in [5, 5.41) is 0. The fourth-order valence-electron chi connectivity index (χ4n) is 0.172. The summed E-state index contributed by atoms with van der Waals surface area (Å²) in [7, 11) is -10.7. The van der Waals surface area contributed by atoms with E-state index >= 15 is 0 Å². The Labute approximate surface area is 51.2 Å². The summed E-state index contributed by atoms with van der Waals surface area (Å²) in [5.74, 6) is 0. The second kappa shape index (κ2) is 2.27. The first-order chi connectivity index (χ1) is 3.71. The highest BCUT2D eigenvalue weighted by molar-refractivity contribution is 7.86. The Kier molecular flexibility index (Phi) is 2.25. The molecule has 0 heterocycles. The molecular formula is CH3F3O3SSi. The molecule has 0 amide bonds. The van der Waals surface area contributed by atoms with Crippen molar-refractivity contribution in [2.75, 3.05) is 6.26 Å². The highest BCUT2D eigenvalue weighted by Crippen LogP contribution is 2.12. The molecule has 0 atom stereocenters. The van der Waals surface area contributed by atoms with Crippen molar-refractivity contribution in [3.05, 3.63) is 0 Å². The van der Waals surface area contributed by atoms with Crippen molar-refractivity contribution >= 4 is 19.4 Å². The van der Waals surface area contributed by atoms with Gasteiger partial charge in [0.25, 0.3) is 10.1 Å². The zero-order chi connectivity index (χ0) is 7.71. The lowest BCUT2D eigenvalue weighted by Crippen LogP contribution is -2.24. The summed E-state index contributed by atoms with van der Waals surface area (Å²) >= 11 is 0. The van der Waals surface area contributed by atoms with Crippen LogP contribution in [0.15, 0.2) is 0 Å². The molecule has 0 aliphatic rings. The number of rotatable bonds is 2. The fraction of sp³-hybridized carbons (Fsp3) is 1.00. The van der Waals surface area contributed by atoms with Gasteiger partial charge in [-0.05, 0) is 0 Å². The predicted molar refractivity (Wildman–Crippen MR) is 25.0 cm³/mol. The molecule has 3 nitrogen and oxygen atoms in total. The molecule has 0 radical (unpaired) electrons. The summed E-state index contributed by atoms with van der Waals surface area (Å²) in [6.45, 7) is 0. The molecule has 8 heteroatoms. The monoisotopic (exact) mass is 180 g/mol. The average molecular weight is 180 g/mol. The van der Waals surface area contributed by atoms with Crippen molar-refractivity contribution < 1.29 is 24.6 Å². The molecule has 9 heavy (non-hydrogen) atoms. The summed E-state index contributed by atoms with van der Waals surface area (Å²) in [6.07, 6.45) is 0.355. The second-order valence-corrected chi connectivity index (χ2v) is 4.20. The van der Waals surface area contributed by atoms with Crippen molar-refractivity contribution in [2.45, 2.75) is 0 Å². The molecule has 56 valence electrons. The van der Waals surface area contributed by atoms with Crippen LogP contribution in [0, 0.1) is 0 Å². The summed E-state index contributed by atoms with van der Waals surface area (Å²) in [4.78, 5) is 0. The Bertz CT molecular complexity index is 180. The van der Waals surface area contributed by atoms with Gasteiger partial charge in [-0.3, -0.25) is 0 Å². The van der Waals surface area contributed by atoms with Gasteiger partial charge in [0.15, 0.2) is 0 Å². The fourth-order valence-corrected chi connectivity index (χ4v) is 1.54. The molecule has 0 bridgehead atoms. The summed E-state index contributed by atoms with van der Waals surface area (Å²) in [5.41, 5.74) is 0. The van der Waals surface area contributed by atoms with Gasteiger partial charge >= 0.3 is 9.32 Å². The van der Waals surface area contributed by atoms with E-state index in [0.717, 1.165) is 0 Å². The van der Waals surface area contributed by atoms with Crippen LogP contribution in [-0.2, 0) is 14.0 Å². The second-order valence-electron chi connectivity index (χ2n) is 1.23. The Morgan fingerprint density at radius 2 is 1.67 bits per heavy atom. The summed E-state index contributed by atoms with van der Waals surface area (Å²) in [6, 6.07) is 0. The minimum Gasteiger partial charge on any atom is -0.226 e. The minimum absolute atomic E-state index is 0.355. The molecule has 0 aromatic carbocycles. The largest absolute Gasteiger partial charge is 0.817 e. The van der Waals surface area contributed by atoms with E-state index in [-0.39, 0.29) is 0 Å². The lowest BCUT2D eigenvalue weighted by molar-refractivity contribution is 0.301. The molecule has 0 spiro atoms. The van der Waals surface area contributed by atoms with E-state index in [1.807, 2.05) is 0 Å². The highest BCUT2D eigenvalue weighted by Gasteiger charge is 2.46. The molecule has 0 unspecified atom stereocenters. The molecule has 0 rings (SSSR count). The van der Waals surface area contributed by atoms with Gasteiger partial charge < -0.3 is 0 Å². The van der Waals surface area contributed by atoms with E-state index in [4.69, 9.17) is 0 Å². The van der Waals surface area contributed by atoms with Crippen molar-refractivity contribution in [1.82, 2.24) is 0 Å². The maximum atomic E-state index is 11.1. The van der Waals surface area contributed by atoms with Gasteiger partial charge in [-0.15, -0.1) is 0 Å². The van der Waals surface area contributed by atoms with Crippen LogP contribution in [0.5, 0.6) is 0 Å². The van der Waals surface area contributed by atoms with E-state index < -0.39 is 19.4 Å². The maximum Gasteiger partial charge on any atom is 0.817 e. The first kappa shape index (κ1) is 8.92. The van der Waals surface area contributed by atoms with Gasteiger partial charge in [0.05, 0.1) is 6.26 Å². The van der Waals surface area contributed by atoms with Crippen molar-refractivity contribution in [3.63, 3.8) is 0 Å². The molecule has 0 aliphatic carbocycles. The predicted octanol–water partition coefficient (Wildman–Crippen LogP) is 0.307. The van der Waals surface area contributed by atoms with E-state index in [2.05, 4.69) is 3.87 Å². The molecular weight excluding hydrogens is 177 g/mol. The molecule has 0 aromatic heterocycles. The molecule has 0 fully saturated rings.